The van der Waals surface area contributed by atoms with Crippen molar-refractivity contribution < 1.29 is 21.3 Å². The Labute approximate surface area is 200 Å². The maximum absolute atomic E-state index is 13.3. The first kappa shape index (κ1) is 22.3. The van der Waals surface area contributed by atoms with Gasteiger partial charge < -0.3 is 8.98 Å². The summed E-state index contributed by atoms with van der Waals surface area (Å²) in [6, 6.07) is 19.1. The van der Waals surface area contributed by atoms with E-state index in [1.165, 1.54) is 30.3 Å². The number of furan rings is 1. The van der Waals surface area contributed by atoms with Crippen molar-refractivity contribution in [2.75, 3.05) is 9.44 Å². The van der Waals surface area contributed by atoms with Crippen molar-refractivity contribution >= 4 is 64.9 Å². The van der Waals surface area contributed by atoms with Gasteiger partial charge >= 0.3 is 0 Å². The van der Waals surface area contributed by atoms with Crippen LogP contribution in [0.5, 0.6) is 0 Å². The Hall–Kier alpha value is -3.47. The zero-order valence-electron chi connectivity index (χ0n) is 17.7. The molecular formula is C23H18ClN3O5S2. The predicted molar refractivity (Wildman–Crippen MR) is 132 cm³/mol. The highest BCUT2D eigenvalue weighted by molar-refractivity contribution is 7.93. The SMILES string of the molecule is Cn1ccc2c(S(=O)(=O)Nc3ccc(Cl)cc3NS(=O)(=O)c3cc4ccccc4o3)cccc21. The lowest BCUT2D eigenvalue weighted by atomic mass is 10.2. The number of nitrogens with one attached hydrogen (secondary N) is 2. The summed E-state index contributed by atoms with van der Waals surface area (Å²) in [7, 11) is -6.43. The summed E-state index contributed by atoms with van der Waals surface area (Å²) in [5.74, 6) is 0. The molecule has 0 aliphatic heterocycles. The number of benzene rings is 3. The lowest BCUT2D eigenvalue weighted by Crippen LogP contribution is -2.17. The average Bonchev–Trinajstić information content (AvgIpc) is 3.40. The Balaban J connectivity index is 1.53. The number of halogens is 1. The molecule has 34 heavy (non-hydrogen) atoms. The van der Waals surface area contributed by atoms with Gasteiger partial charge in [0.1, 0.15) is 5.58 Å². The minimum absolute atomic E-state index is 0.0111. The molecule has 0 spiro atoms. The highest BCUT2D eigenvalue weighted by atomic mass is 35.5. The molecule has 11 heteroatoms. The van der Waals surface area contributed by atoms with Crippen LogP contribution in [0.4, 0.5) is 11.4 Å². The van der Waals surface area contributed by atoms with E-state index in [0.29, 0.717) is 16.4 Å². The summed E-state index contributed by atoms with van der Waals surface area (Å²) >= 11 is 6.09. The number of para-hydroxylation sites is 1. The van der Waals surface area contributed by atoms with Gasteiger partial charge in [0.25, 0.3) is 20.0 Å². The second-order valence-electron chi connectivity index (χ2n) is 7.62. The number of rotatable bonds is 6. The van der Waals surface area contributed by atoms with Crippen molar-refractivity contribution in [1.82, 2.24) is 4.57 Å². The largest absolute Gasteiger partial charge is 0.443 e. The number of aryl methyl sites for hydroxylation is 1. The third kappa shape index (κ3) is 4.00. The maximum Gasteiger partial charge on any atom is 0.295 e. The molecule has 0 atom stereocenters. The molecule has 2 heterocycles. The van der Waals surface area contributed by atoms with Gasteiger partial charge in [-0.3, -0.25) is 9.44 Å². The van der Waals surface area contributed by atoms with Gasteiger partial charge in [0.2, 0.25) is 5.09 Å². The summed E-state index contributed by atoms with van der Waals surface area (Å²) in [6.45, 7) is 0. The van der Waals surface area contributed by atoms with Crippen molar-refractivity contribution in [2.45, 2.75) is 9.99 Å². The molecule has 0 radical (unpaired) electrons. The van der Waals surface area contributed by atoms with E-state index >= 15 is 0 Å². The van der Waals surface area contributed by atoms with E-state index in [0.717, 1.165) is 5.52 Å². The maximum atomic E-state index is 13.3. The average molecular weight is 516 g/mol. The molecule has 2 N–H and O–H groups in total. The monoisotopic (exact) mass is 515 g/mol. The second kappa shape index (κ2) is 8.08. The van der Waals surface area contributed by atoms with Crippen molar-refractivity contribution in [3.05, 3.63) is 84.0 Å². The molecule has 0 saturated carbocycles. The molecule has 8 nitrogen and oxygen atoms in total. The molecule has 0 amide bonds. The standard InChI is InChI=1S/C23H18ClN3O5S2/c1-27-12-11-17-20(27)6-4-8-22(17)33(28,29)25-18-10-9-16(24)14-19(18)26-34(30,31)23-13-15-5-2-3-7-21(15)32-23/h2-14,25-26H,1H3. The number of nitrogens with zero attached hydrogens (tertiary/aromatic N) is 1. The summed E-state index contributed by atoms with van der Waals surface area (Å²) in [5.41, 5.74) is 1.12. The van der Waals surface area contributed by atoms with E-state index < -0.39 is 20.0 Å². The Morgan fingerprint density at radius 2 is 1.59 bits per heavy atom. The molecule has 174 valence electrons. The van der Waals surface area contributed by atoms with E-state index in [2.05, 4.69) is 9.44 Å². The molecule has 0 unspecified atom stereocenters. The molecular weight excluding hydrogens is 498 g/mol. The smallest absolute Gasteiger partial charge is 0.295 e. The number of anilines is 2. The molecule has 3 aromatic carbocycles. The van der Waals surface area contributed by atoms with E-state index in [4.69, 9.17) is 16.0 Å². The van der Waals surface area contributed by atoms with Gasteiger partial charge in [0.05, 0.1) is 16.3 Å². The van der Waals surface area contributed by atoms with Crippen LogP contribution in [-0.4, -0.2) is 21.4 Å². The zero-order chi connectivity index (χ0) is 24.1. The number of sulfonamides is 2. The molecule has 0 aliphatic carbocycles. The lowest BCUT2D eigenvalue weighted by molar-refractivity contribution is 0.484. The second-order valence-corrected chi connectivity index (χ2v) is 11.3. The highest BCUT2D eigenvalue weighted by Gasteiger charge is 2.24. The Morgan fingerprint density at radius 3 is 2.38 bits per heavy atom. The van der Waals surface area contributed by atoms with Gasteiger partial charge in [0.15, 0.2) is 0 Å². The van der Waals surface area contributed by atoms with Gasteiger partial charge in [-0.15, -0.1) is 0 Å². The quantitative estimate of drug-likeness (QED) is 0.324. The number of fused-ring (bicyclic) bond motifs is 2. The van der Waals surface area contributed by atoms with Crippen LogP contribution >= 0.6 is 11.6 Å². The van der Waals surface area contributed by atoms with Crippen LogP contribution < -0.4 is 9.44 Å². The van der Waals surface area contributed by atoms with Crippen LogP contribution in [0.2, 0.25) is 5.02 Å². The molecule has 0 fully saturated rings. The van der Waals surface area contributed by atoms with Crippen LogP contribution in [0.15, 0.2) is 93.4 Å². The van der Waals surface area contributed by atoms with E-state index in [1.807, 2.05) is 17.7 Å². The summed E-state index contributed by atoms with van der Waals surface area (Å²) in [4.78, 5) is 0.0617. The van der Waals surface area contributed by atoms with E-state index in [9.17, 15) is 16.8 Å². The van der Waals surface area contributed by atoms with Crippen LogP contribution in [-0.2, 0) is 27.1 Å². The predicted octanol–water partition coefficient (Wildman–Crippen LogP) is 5.18. The summed E-state index contributed by atoms with van der Waals surface area (Å²) in [6.07, 6.45) is 1.76. The normalized spacial score (nSPS) is 12.3. The van der Waals surface area contributed by atoms with Crippen LogP contribution in [0.3, 0.4) is 0 Å². The summed E-state index contributed by atoms with van der Waals surface area (Å²) < 4.78 is 64.7. The van der Waals surface area contributed by atoms with Crippen LogP contribution in [0.1, 0.15) is 0 Å². The Morgan fingerprint density at radius 1 is 0.824 bits per heavy atom. The van der Waals surface area contributed by atoms with Crippen molar-refractivity contribution in [3.8, 4) is 0 Å². The van der Waals surface area contributed by atoms with Crippen molar-refractivity contribution in [3.63, 3.8) is 0 Å². The van der Waals surface area contributed by atoms with E-state index in [-0.39, 0.29) is 26.4 Å². The molecule has 5 rings (SSSR count). The third-order valence-corrected chi connectivity index (χ3v) is 8.19. The minimum atomic E-state index is -4.18. The van der Waals surface area contributed by atoms with Crippen molar-refractivity contribution in [1.29, 1.82) is 0 Å². The van der Waals surface area contributed by atoms with Crippen LogP contribution in [0, 0.1) is 0 Å². The Kier molecular flexibility index (Phi) is 5.31. The topological polar surface area (TPSA) is 110 Å². The van der Waals surface area contributed by atoms with Gasteiger partial charge in [-0.25, -0.2) is 8.42 Å². The van der Waals surface area contributed by atoms with Gasteiger partial charge in [-0.2, -0.15) is 8.42 Å². The number of hydrogen-bond donors (Lipinski definition) is 2. The van der Waals surface area contributed by atoms with E-state index in [1.54, 1.807) is 42.6 Å². The van der Waals surface area contributed by atoms with Gasteiger partial charge in [-0.1, -0.05) is 35.9 Å². The highest BCUT2D eigenvalue weighted by Crippen LogP contribution is 2.33. The fourth-order valence-corrected chi connectivity index (χ4v) is 6.19. The minimum Gasteiger partial charge on any atom is -0.443 e. The first-order valence-electron chi connectivity index (χ1n) is 10.0. The number of aromatic nitrogens is 1. The fraction of sp³-hybridized carbons (Fsp3) is 0.0435. The first-order chi connectivity index (χ1) is 16.1. The van der Waals surface area contributed by atoms with Crippen LogP contribution in [0.25, 0.3) is 21.9 Å². The molecule has 0 bridgehead atoms. The first-order valence-corrected chi connectivity index (χ1v) is 13.4. The molecule has 0 saturated heterocycles. The molecule has 5 aromatic rings. The molecule has 2 aromatic heterocycles. The van der Waals surface area contributed by atoms with Crippen molar-refractivity contribution in [2.24, 2.45) is 7.05 Å². The lowest BCUT2D eigenvalue weighted by Gasteiger charge is -2.15. The van der Waals surface area contributed by atoms with Gasteiger partial charge in [0, 0.05) is 40.6 Å². The third-order valence-electron chi connectivity index (χ3n) is 5.32. The zero-order valence-corrected chi connectivity index (χ0v) is 20.1. The molecule has 0 aliphatic rings. The Bertz CT molecular complexity index is 1740. The fourth-order valence-electron chi connectivity index (χ4n) is 3.68. The van der Waals surface area contributed by atoms with Gasteiger partial charge in [-0.05, 0) is 42.5 Å². The summed E-state index contributed by atoms with van der Waals surface area (Å²) in [5, 5.41) is 1.06. The number of hydrogen-bond acceptors (Lipinski definition) is 5.